The third-order valence-corrected chi connectivity index (χ3v) is 6.74. The van der Waals surface area contributed by atoms with E-state index in [1.54, 1.807) is 19.1 Å². The van der Waals surface area contributed by atoms with Gasteiger partial charge in [-0.1, -0.05) is 24.3 Å². The molecule has 188 valence electrons. The third kappa shape index (κ3) is 6.70. The molecule has 2 aromatic rings. The Kier molecular flexibility index (Phi) is 8.20. The molecule has 1 fully saturated rings. The Balaban J connectivity index is 1.29. The van der Waals surface area contributed by atoms with Crippen molar-refractivity contribution in [2.75, 3.05) is 45.2 Å². The van der Waals surface area contributed by atoms with Crippen LogP contribution in [0, 0.1) is 0 Å². The summed E-state index contributed by atoms with van der Waals surface area (Å²) >= 11 is 0. The number of carbonyl (C=O) groups is 2. The molecular formula is C26H35N5O4. The topological polar surface area (TPSA) is 107 Å². The molecule has 1 aromatic heterocycles. The third-order valence-electron chi connectivity index (χ3n) is 6.74. The van der Waals surface area contributed by atoms with Gasteiger partial charge in [-0.05, 0) is 36.5 Å². The van der Waals surface area contributed by atoms with E-state index in [0.717, 1.165) is 32.4 Å². The van der Waals surface area contributed by atoms with Crippen molar-refractivity contribution in [2.45, 2.75) is 44.9 Å². The number of aromatic nitrogens is 1. The summed E-state index contributed by atoms with van der Waals surface area (Å²) in [4.78, 5) is 32.9. The Bertz CT molecular complexity index is 1040. The molecule has 0 unspecified atom stereocenters. The number of amides is 2. The summed E-state index contributed by atoms with van der Waals surface area (Å²) in [5.74, 6) is 0.703. The summed E-state index contributed by atoms with van der Waals surface area (Å²) in [5.41, 5.74) is 3.08. The van der Waals surface area contributed by atoms with Crippen molar-refractivity contribution in [3.8, 4) is 5.88 Å². The molecule has 3 N–H and O–H groups in total. The highest BCUT2D eigenvalue weighted by molar-refractivity contribution is 5.95. The molecule has 2 aliphatic heterocycles. The highest BCUT2D eigenvalue weighted by Gasteiger charge is 2.22. The first kappa shape index (κ1) is 24.9. The van der Waals surface area contributed by atoms with E-state index in [2.05, 4.69) is 38.7 Å². The number of ether oxygens (including phenoxy) is 1. The van der Waals surface area contributed by atoms with Crippen molar-refractivity contribution < 1.29 is 19.4 Å². The molecule has 0 bridgehead atoms. The van der Waals surface area contributed by atoms with Crippen molar-refractivity contribution in [3.05, 3.63) is 53.1 Å². The first-order chi connectivity index (χ1) is 16.9. The largest absolute Gasteiger partial charge is 0.481 e. The van der Waals surface area contributed by atoms with E-state index < -0.39 is 6.10 Å². The number of benzene rings is 1. The molecule has 1 saturated heterocycles. The van der Waals surface area contributed by atoms with Crippen LogP contribution in [0.5, 0.6) is 5.88 Å². The molecule has 9 nitrogen and oxygen atoms in total. The van der Waals surface area contributed by atoms with Crippen LogP contribution in [0.15, 0.2) is 36.4 Å². The monoisotopic (exact) mass is 481 g/mol. The highest BCUT2D eigenvalue weighted by Crippen LogP contribution is 2.21. The Labute approximate surface area is 206 Å². The predicted octanol–water partition coefficient (Wildman–Crippen LogP) is 1.66. The van der Waals surface area contributed by atoms with Crippen LogP contribution >= 0.6 is 0 Å². The second-order valence-electron chi connectivity index (χ2n) is 9.33. The number of β-amino-alcohol motifs (C(OH)–C–C–N with tert-alkyl or cyclic N) is 1. The number of nitrogens with one attached hydrogen (secondary N) is 2. The van der Waals surface area contributed by atoms with E-state index in [4.69, 9.17) is 4.74 Å². The SMILES string of the molecule is COc1cc(C(=O)NC[C@H](O)CN2CCc3ccccc3C2)cc(NC2CCN(C(C)=O)CC2)n1. The quantitative estimate of drug-likeness (QED) is 0.526. The normalized spacial score (nSPS) is 17.4. The van der Waals surface area contributed by atoms with Gasteiger partial charge in [0.2, 0.25) is 11.8 Å². The number of anilines is 1. The average molecular weight is 482 g/mol. The number of likely N-dealkylation sites (tertiary alicyclic amines) is 1. The van der Waals surface area contributed by atoms with Gasteiger partial charge in [0.05, 0.1) is 13.2 Å². The Morgan fingerprint density at radius 3 is 2.63 bits per heavy atom. The van der Waals surface area contributed by atoms with Crippen LogP contribution in [0.4, 0.5) is 5.82 Å². The fourth-order valence-corrected chi connectivity index (χ4v) is 4.75. The van der Waals surface area contributed by atoms with E-state index in [1.807, 2.05) is 11.0 Å². The Morgan fingerprint density at radius 2 is 1.91 bits per heavy atom. The van der Waals surface area contributed by atoms with Gasteiger partial charge in [-0.25, -0.2) is 0 Å². The minimum Gasteiger partial charge on any atom is -0.481 e. The van der Waals surface area contributed by atoms with Crippen LogP contribution in [-0.2, 0) is 17.8 Å². The summed E-state index contributed by atoms with van der Waals surface area (Å²) in [7, 11) is 1.51. The number of methoxy groups -OCH3 is 1. The van der Waals surface area contributed by atoms with Crippen LogP contribution in [0.3, 0.4) is 0 Å². The van der Waals surface area contributed by atoms with Crippen LogP contribution in [0.2, 0.25) is 0 Å². The summed E-state index contributed by atoms with van der Waals surface area (Å²) < 4.78 is 5.30. The van der Waals surface area contributed by atoms with E-state index in [1.165, 1.54) is 18.2 Å². The van der Waals surface area contributed by atoms with Gasteiger partial charge < -0.3 is 25.4 Å². The number of piperidine rings is 1. The van der Waals surface area contributed by atoms with Gasteiger partial charge in [0.15, 0.2) is 0 Å². The van der Waals surface area contributed by atoms with Gasteiger partial charge in [-0.2, -0.15) is 4.98 Å². The first-order valence-corrected chi connectivity index (χ1v) is 12.2. The lowest BCUT2D eigenvalue weighted by molar-refractivity contribution is -0.129. The molecule has 1 aromatic carbocycles. The second-order valence-corrected chi connectivity index (χ2v) is 9.33. The standard InChI is InChI=1S/C26H35N5O4/c1-18(32)31-11-8-22(9-12-31)28-24-13-21(14-25(29-24)35-2)26(34)27-15-23(33)17-30-10-7-19-5-3-4-6-20(19)16-30/h3-6,13-14,22-23,33H,7-12,15-17H2,1-2H3,(H,27,34)(H,28,29)/t23-/m0/s1. The van der Waals surface area contributed by atoms with E-state index in [-0.39, 0.29) is 24.4 Å². The summed E-state index contributed by atoms with van der Waals surface area (Å²) in [6.45, 7) is 5.35. The molecule has 0 aliphatic carbocycles. The molecule has 3 heterocycles. The number of aliphatic hydroxyl groups excluding tert-OH is 1. The minimum atomic E-state index is -0.669. The van der Waals surface area contributed by atoms with Crippen molar-refractivity contribution in [1.82, 2.24) is 20.1 Å². The molecule has 4 rings (SSSR count). The smallest absolute Gasteiger partial charge is 0.251 e. The molecule has 0 spiro atoms. The molecule has 0 saturated carbocycles. The van der Waals surface area contributed by atoms with Crippen molar-refractivity contribution >= 4 is 17.6 Å². The first-order valence-electron chi connectivity index (χ1n) is 12.2. The van der Waals surface area contributed by atoms with Gasteiger partial charge in [-0.3, -0.25) is 14.5 Å². The van der Waals surface area contributed by atoms with Gasteiger partial charge in [0, 0.05) is 63.9 Å². The lowest BCUT2D eigenvalue weighted by Gasteiger charge is -2.32. The second kappa shape index (κ2) is 11.5. The van der Waals surface area contributed by atoms with Crippen LogP contribution in [0.25, 0.3) is 0 Å². The van der Waals surface area contributed by atoms with Gasteiger partial charge in [0.1, 0.15) is 5.82 Å². The predicted molar refractivity (Wildman–Crippen MR) is 133 cm³/mol. The fourth-order valence-electron chi connectivity index (χ4n) is 4.75. The number of carbonyl (C=O) groups excluding carboxylic acids is 2. The van der Waals surface area contributed by atoms with E-state index >= 15 is 0 Å². The molecule has 2 aliphatic rings. The van der Waals surface area contributed by atoms with Crippen molar-refractivity contribution in [3.63, 3.8) is 0 Å². The van der Waals surface area contributed by atoms with Crippen molar-refractivity contribution in [2.24, 2.45) is 0 Å². The molecule has 0 radical (unpaired) electrons. The average Bonchev–Trinajstić information content (AvgIpc) is 2.87. The maximum absolute atomic E-state index is 12.8. The molecule has 1 atom stereocenters. The lowest BCUT2D eigenvalue weighted by Crippen LogP contribution is -2.42. The zero-order chi connectivity index (χ0) is 24.8. The van der Waals surface area contributed by atoms with Crippen LogP contribution in [0.1, 0.15) is 41.3 Å². The number of aliphatic hydroxyl groups is 1. The number of hydrogen-bond donors (Lipinski definition) is 3. The number of pyridine rings is 1. The highest BCUT2D eigenvalue weighted by atomic mass is 16.5. The Hall–Kier alpha value is -3.17. The minimum absolute atomic E-state index is 0.0919. The maximum Gasteiger partial charge on any atom is 0.251 e. The molecular weight excluding hydrogens is 446 g/mol. The summed E-state index contributed by atoms with van der Waals surface area (Å²) in [6.07, 6.45) is 1.92. The number of hydrogen-bond acceptors (Lipinski definition) is 7. The van der Waals surface area contributed by atoms with Crippen molar-refractivity contribution in [1.29, 1.82) is 0 Å². The van der Waals surface area contributed by atoms with Gasteiger partial charge in [-0.15, -0.1) is 0 Å². The number of nitrogens with zero attached hydrogens (tertiary/aromatic N) is 3. The zero-order valence-corrected chi connectivity index (χ0v) is 20.5. The molecule has 35 heavy (non-hydrogen) atoms. The van der Waals surface area contributed by atoms with E-state index in [9.17, 15) is 14.7 Å². The number of fused-ring (bicyclic) bond motifs is 1. The number of rotatable bonds is 8. The molecule has 9 heteroatoms. The summed E-state index contributed by atoms with van der Waals surface area (Å²) in [5, 5.41) is 16.8. The fraction of sp³-hybridized carbons (Fsp3) is 0.500. The van der Waals surface area contributed by atoms with Crippen LogP contribution < -0.4 is 15.4 Å². The van der Waals surface area contributed by atoms with Crippen LogP contribution in [-0.4, -0.2) is 83.7 Å². The zero-order valence-electron chi connectivity index (χ0n) is 20.5. The summed E-state index contributed by atoms with van der Waals surface area (Å²) in [6, 6.07) is 11.8. The van der Waals surface area contributed by atoms with E-state index in [0.29, 0.717) is 36.9 Å². The molecule has 2 amide bonds. The van der Waals surface area contributed by atoms with Gasteiger partial charge >= 0.3 is 0 Å². The maximum atomic E-state index is 12.8. The lowest BCUT2D eigenvalue weighted by atomic mass is 10.00. The van der Waals surface area contributed by atoms with Gasteiger partial charge in [0.25, 0.3) is 5.91 Å². The Morgan fingerprint density at radius 1 is 1.17 bits per heavy atom.